The van der Waals surface area contributed by atoms with Crippen molar-refractivity contribution in [3.8, 4) is 5.75 Å². The first-order valence-electron chi connectivity index (χ1n) is 13.7. The third-order valence-corrected chi connectivity index (χ3v) is 6.74. The van der Waals surface area contributed by atoms with Crippen LogP contribution in [0.5, 0.6) is 5.75 Å². The zero-order chi connectivity index (χ0) is 25.9. The van der Waals surface area contributed by atoms with Gasteiger partial charge in [0.1, 0.15) is 16.9 Å². The highest BCUT2D eigenvalue weighted by Gasteiger charge is 2.14. The van der Waals surface area contributed by atoms with Crippen molar-refractivity contribution < 1.29 is 13.9 Å². The van der Waals surface area contributed by atoms with Crippen LogP contribution in [0.3, 0.4) is 0 Å². The first kappa shape index (κ1) is 26.9. The van der Waals surface area contributed by atoms with Gasteiger partial charge in [0.25, 0.3) is 5.91 Å². The Morgan fingerprint density at radius 2 is 1.92 bits per heavy atom. The summed E-state index contributed by atoms with van der Waals surface area (Å²) in [5, 5.41) is 12.1. The van der Waals surface area contributed by atoms with Gasteiger partial charge in [0, 0.05) is 37.3 Å². The van der Waals surface area contributed by atoms with Crippen LogP contribution >= 0.6 is 0 Å². The molecule has 0 atom stereocenters. The van der Waals surface area contributed by atoms with Gasteiger partial charge in [0.05, 0.1) is 12.3 Å². The van der Waals surface area contributed by atoms with Crippen LogP contribution in [-0.4, -0.2) is 52.0 Å². The van der Waals surface area contributed by atoms with E-state index in [-0.39, 0.29) is 5.56 Å². The van der Waals surface area contributed by atoms with Crippen molar-refractivity contribution >= 4 is 16.9 Å². The first-order valence-corrected chi connectivity index (χ1v) is 13.7. The molecular weight excluding hydrogens is 470 g/mol. The van der Waals surface area contributed by atoms with Gasteiger partial charge in [-0.1, -0.05) is 37.8 Å². The van der Waals surface area contributed by atoms with Crippen LogP contribution in [0.2, 0.25) is 0 Å². The number of fused-ring (bicyclic) bond motifs is 1. The molecule has 1 amide bonds. The molecule has 0 radical (unpaired) electrons. The van der Waals surface area contributed by atoms with E-state index in [1.54, 1.807) is 12.1 Å². The molecule has 0 aliphatic carbocycles. The Morgan fingerprint density at radius 1 is 1.08 bits per heavy atom. The molecule has 9 heteroatoms. The first-order chi connectivity index (χ1) is 18.1. The SMILES string of the molecule is CCCCOc1ccc2cc(C(=O)NCCCCCCn3cc(CN4CCCCC4)nn3)c(=O)oc2c1. The highest BCUT2D eigenvalue weighted by atomic mass is 16.5. The summed E-state index contributed by atoms with van der Waals surface area (Å²) in [6.07, 6.45) is 11.8. The van der Waals surface area contributed by atoms with Crippen LogP contribution in [0.15, 0.2) is 39.7 Å². The molecule has 3 aromatic rings. The number of amides is 1. The molecule has 1 aromatic carbocycles. The molecule has 0 bridgehead atoms. The van der Waals surface area contributed by atoms with Gasteiger partial charge in [-0.15, -0.1) is 5.10 Å². The molecule has 1 aliphatic heterocycles. The Labute approximate surface area is 218 Å². The van der Waals surface area contributed by atoms with Gasteiger partial charge in [-0.05, 0) is 63.4 Å². The quantitative estimate of drug-likeness (QED) is 0.251. The number of ether oxygens (including phenoxy) is 1. The second-order valence-corrected chi connectivity index (χ2v) is 9.83. The Kier molecular flexibility index (Phi) is 10.1. The largest absolute Gasteiger partial charge is 0.493 e. The molecule has 1 saturated heterocycles. The summed E-state index contributed by atoms with van der Waals surface area (Å²) in [7, 11) is 0. The molecule has 9 nitrogen and oxygen atoms in total. The minimum atomic E-state index is -0.636. The van der Waals surface area contributed by atoms with E-state index in [1.807, 2.05) is 16.8 Å². The van der Waals surface area contributed by atoms with E-state index in [2.05, 4.69) is 33.6 Å². The maximum atomic E-state index is 12.6. The standard InChI is InChI=1S/C28H39N5O4/c1-2-3-17-36-24-12-11-22-18-25(28(35)37-26(22)19-24)27(34)29-13-7-4-5-10-16-33-21-23(30-31-33)20-32-14-8-6-9-15-32/h11-12,18-19,21H,2-10,13-17,20H2,1H3,(H,29,34). The molecule has 0 unspecified atom stereocenters. The molecule has 1 N–H and O–H groups in total. The van der Waals surface area contributed by atoms with Gasteiger partial charge in [-0.2, -0.15) is 0 Å². The fourth-order valence-corrected chi connectivity index (χ4v) is 4.59. The van der Waals surface area contributed by atoms with Crippen molar-refractivity contribution in [1.82, 2.24) is 25.2 Å². The number of nitrogens with zero attached hydrogens (tertiary/aromatic N) is 4. The van der Waals surface area contributed by atoms with Gasteiger partial charge in [0.15, 0.2) is 0 Å². The number of benzene rings is 1. The highest BCUT2D eigenvalue weighted by molar-refractivity contribution is 5.96. The van der Waals surface area contributed by atoms with Crippen molar-refractivity contribution in [3.63, 3.8) is 0 Å². The lowest BCUT2D eigenvalue weighted by Crippen LogP contribution is -2.29. The van der Waals surface area contributed by atoms with Gasteiger partial charge in [-0.25, -0.2) is 4.79 Å². The summed E-state index contributed by atoms with van der Waals surface area (Å²) in [6.45, 7) is 7.29. The zero-order valence-corrected chi connectivity index (χ0v) is 21.9. The average molecular weight is 510 g/mol. The van der Waals surface area contributed by atoms with Crippen molar-refractivity contribution in [3.05, 3.63) is 52.1 Å². The smallest absolute Gasteiger partial charge is 0.349 e. The van der Waals surface area contributed by atoms with Crippen LogP contribution in [0, 0.1) is 0 Å². The normalized spacial score (nSPS) is 14.2. The van der Waals surface area contributed by atoms with E-state index in [9.17, 15) is 9.59 Å². The Morgan fingerprint density at radius 3 is 2.76 bits per heavy atom. The summed E-state index contributed by atoms with van der Waals surface area (Å²) in [4.78, 5) is 27.4. The van der Waals surface area contributed by atoms with Gasteiger partial charge in [0.2, 0.25) is 0 Å². The van der Waals surface area contributed by atoms with Gasteiger partial charge in [-0.3, -0.25) is 14.4 Å². The van der Waals surface area contributed by atoms with Crippen molar-refractivity contribution in [2.75, 3.05) is 26.2 Å². The predicted molar refractivity (Wildman–Crippen MR) is 143 cm³/mol. The number of carbonyl (C=O) groups excluding carboxylic acids is 1. The molecule has 4 rings (SSSR count). The number of hydrogen-bond donors (Lipinski definition) is 1. The molecule has 200 valence electrons. The zero-order valence-electron chi connectivity index (χ0n) is 21.9. The van der Waals surface area contributed by atoms with Crippen molar-refractivity contribution in [2.24, 2.45) is 0 Å². The summed E-state index contributed by atoms with van der Waals surface area (Å²) >= 11 is 0. The summed E-state index contributed by atoms with van der Waals surface area (Å²) in [6, 6.07) is 6.92. The van der Waals surface area contributed by atoms with E-state index >= 15 is 0 Å². The van der Waals surface area contributed by atoms with E-state index in [0.717, 1.165) is 70.4 Å². The lowest BCUT2D eigenvalue weighted by atomic mass is 10.1. The second-order valence-electron chi connectivity index (χ2n) is 9.83. The lowest BCUT2D eigenvalue weighted by Gasteiger charge is -2.25. The third kappa shape index (κ3) is 8.15. The molecule has 37 heavy (non-hydrogen) atoms. The molecule has 0 saturated carbocycles. The van der Waals surface area contributed by atoms with Crippen molar-refractivity contribution in [1.29, 1.82) is 0 Å². The second kappa shape index (κ2) is 13.9. The number of likely N-dealkylation sites (tertiary alicyclic amines) is 1. The Hall–Kier alpha value is -3.20. The molecule has 1 fully saturated rings. The lowest BCUT2D eigenvalue weighted by molar-refractivity contribution is 0.0949. The summed E-state index contributed by atoms with van der Waals surface area (Å²) < 4.78 is 13.0. The van der Waals surface area contributed by atoms with Crippen molar-refractivity contribution in [2.45, 2.75) is 77.8 Å². The van der Waals surface area contributed by atoms with E-state index < -0.39 is 11.5 Å². The number of aryl methyl sites for hydroxylation is 1. The number of hydrogen-bond acceptors (Lipinski definition) is 7. The predicted octanol–water partition coefficient (Wildman–Crippen LogP) is 4.54. The topological polar surface area (TPSA) is 102 Å². The van der Waals surface area contributed by atoms with Crippen LogP contribution < -0.4 is 15.7 Å². The van der Waals surface area contributed by atoms with E-state index in [0.29, 0.717) is 29.9 Å². The molecule has 2 aromatic heterocycles. The monoisotopic (exact) mass is 509 g/mol. The summed E-state index contributed by atoms with van der Waals surface area (Å²) in [5.41, 5.74) is 0.854. The fraction of sp³-hybridized carbons (Fsp3) is 0.571. The van der Waals surface area contributed by atoms with Gasteiger partial charge < -0.3 is 14.5 Å². The van der Waals surface area contributed by atoms with E-state index in [1.165, 1.54) is 19.3 Å². The van der Waals surface area contributed by atoms with Crippen LogP contribution in [0.1, 0.15) is 80.8 Å². The third-order valence-electron chi connectivity index (χ3n) is 6.74. The van der Waals surface area contributed by atoms with E-state index in [4.69, 9.17) is 9.15 Å². The van der Waals surface area contributed by atoms with Crippen LogP contribution in [-0.2, 0) is 13.1 Å². The van der Waals surface area contributed by atoms with Crippen LogP contribution in [0.25, 0.3) is 11.0 Å². The molecule has 0 spiro atoms. The van der Waals surface area contributed by atoms with Crippen LogP contribution in [0.4, 0.5) is 0 Å². The average Bonchev–Trinajstić information content (AvgIpc) is 3.35. The fourth-order valence-electron chi connectivity index (χ4n) is 4.59. The number of nitrogens with one attached hydrogen (secondary N) is 1. The molecule has 1 aliphatic rings. The Balaban J connectivity index is 1.14. The summed E-state index contributed by atoms with van der Waals surface area (Å²) in [5.74, 6) is 0.255. The number of rotatable bonds is 14. The minimum Gasteiger partial charge on any atom is -0.493 e. The number of carbonyl (C=O) groups is 1. The molecule has 3 heterocycles. The number of piperidine rings is 1. The maximum absolute atomic E-state index is 12.6. The molecular formula is C28H39N5O4. The number of unbranched alkanes of at least 4 members (excludes halogenated alkanes) is 4. The van der Waals surface area contributed by atoms with Gasteiger partial charge >= 0.3 is 5.63 Å². The minimum absolute atomic E-state index is 0.0266. The highest BCUT2D eigenvalue weighted by Crippen LogP contribution is 2.21. The Bertz CT molecular complexity index is 1200. The number of aromatic nitrogens is 3. The maximum Gasteiger partial charge on any atom is 0.349 e.